The van der Waals surface area contributed by atoms with Gasteiger partial charge in [-0.2, -0.15) is 0 Å². The smallest absolute Gasteiger partial charge is 0.0825 e. The Morgan fingerprint density at radius 2 is 2.57 bits per heavy atom. The second kappa shape index (κ2) is 5.26. The molecule has 1 atom stereocenters. The molecule has 0 radical (unpaired) electrons. The standard InChI is InChI=1S/C10H14BrNOS/c11-9-3-5-14-10(9)7-13-8-2-1-4-12-6-8/h3,5,8,12H,1-2,4,6-7H2. The highest BCUT2D eigenvalue weighted by atomic mass is 79.9. The van der Waals surface area contributed by atoms with Crippen LogP contribution in [0.1, 0.15) is 17.7 Å². The van der Waals surface area contributed by atoms with Crippen LogP contribution in [0.15, 0.2) is 15.9 Å². The molecule has 2 heterocycles. The quantitative estimate of drug-likeness (QED) is 0.916. The first-order valence-electron chi connectivity index (χ1n) is 4.90. The minimum Gasteiger partial charge on any atom is -0.371 e. The minimum absolute atomic E-state index is 0.401. The third-order valence-corrected chi connectivity index (χ3v) is 4.29. The Bertz CT molecular complexity index is 283. The summed E-state index contributed by atoms with van der Waals surface area (Å²) >= 11 is 5.25. The van der Waals surface area contributed by atoms with Gasteiger partial charge in [0.1, 0.15) is 0 Å². The molecule has 2 nitrogen and oxygen atoms in total. The van der Waals surface area contributed by atoms with Crippen molar-refractivity contribution in [1.29, 1.82) is 0 Å². The van der Waals surface area contributed by atoms with Gasteiger partial charge in [0.15, 0.2) is 0 Å². The van der Waals surface area contributed by atoms with E-state index in [1.165, 1.54) is 22.2 Å². The molecule has 1 aliphatic rings. The average Bonchev–Trinajstić information content (AvgIpc) is 2.63. The maximum Gasteiger partial charge on any atom is 0.0825 e. The first kappa shape index (κ1) is 10.6. The van der Waals surface area contributed by atoms with Crippen LogP contribution < -0.4 is 5.32 Å². The monoisotopic (exact) mass is 275 g/mol. The van der Waals surface area contributed by atoms with Crippen molar-refractivity contribution in [3.8, 4) is 0 Å². The number of nitrogens with one attached hydrogen (secondary N) is 1. The molecule has 0 spiro atoms. The molecule has 1 aromatic heterocycles. The molecular formula is C10H14BrNOS. The van der Waals surface area contributed by atoms with E-state index in [4.69, 9.17) is 4.74 Å². The summed E-state index contributed by atoms with van der Waals surface area (Å²) in [4.78, 5) is 1.29. The number of hydrogen-bond acceptors (Lipinski definition) is 3. The van der Waals surface area contributed by atoms with Crippen LogP contribution >= 0.6 is 27.3 Å². The molecule has 2 rings (SSSR count). The normalized spacial score (nSPS) is 22.5. The Labute approximate surface area is 96.8 Å². The van der Waals surface area contributed by atoms with Crippen molar-refractivity contribution in [1.82, 2.24) is 5.32 Å². The van der Waals surface area contributed by atoms with Crippen LogP contribution in [0.4, 0.5) is 0 Å². The summed E-state index contributed by atoms with van der Waals surface area (Å²) in [5.41, 5.74) is 0. The van der Waals surface area contributed by atoms with Gasteiger partial charge in [0.2, 0.25) is 0 Å². The lowest BCUT2D eigenvalue weighted by molar-refractivity contribution is 0.0264. The zero-order chi connectivity index (χ0) is 9.80. The van der Waals surface area contributed by atoms with Crippen LogP contribution in [-0.4, -0.2) is 19.2 Å². The molecule has 1 unspecified atom stereocenters. The maximum absolute atomic E-state index is 5.83. The van der Waals surface area contributed by atoms with Crippen molar-refractivity contribution in [2.75, 3.05) is 13.1 Å². The number of piperidine rings is 1. The van der Waals surface area contributed by atoms with Gasteiger partial charge in [-0.1, -0.05) is 0 Å². The zero-order valence-electron chi connectivity index (χ0n) is 7.96. The first-order chi connectivity index (χ1) is 6.86. The van der Waals surface area contributed by atoms with Crippen molar-refractivity contribution in [3.05, 3.63) is 20.8 Å². The lowest BCUT2D eigenvalue weighted by Crippen LogP contribution is -2.35. The van der Waals surface area contributed by atoms with Crippen molar-refractivity contribution in [2.24, 2.45) is 0 Å². The summed E-state index contributed by atoms with van der Waals surface area (Å²) in [5.74, 6) is 0. The molecule has 14 heavy (non-hydrogen) atoms. The van der Waals surface area contributed by atoms with Crippen molar-refractivity contribution < 1.29 is 4.74 Å². The number of halogens is 1. The van der Waals surface area contributed by atoms with Gasteiger partial charge in [0.25, 0.3) is 0 Å². The Morgan fingerprint density at radius 3 is 3.21 bits per heavy atom. The molecule has 1 fully saturated rings. The van der Waals surface area contributed by atoms with Crippen molar-refractivity contribution >= 4 is 27.3 Å². The van der Waals surface area contributed by atoms with Crippen LogP contribution in [0, 0.1) is 0 Å². The number of thiophene rings is 1. The van der Waals surface area contributed by atoms with Crippen LogP contribution in [0.5, 0.6) is 0 Å². The van der Waals surface area contributed by atoms with Crippen LogP contribution in [0.2, 0.25) is 0 Å². The highest BCUT2D eigenvalue weighted by Gasteiger charge is 2.13. The van der Waals surface area contributed by atoms with Crippen LogP contribution in [-0.2, 0) is 11.3 Å². The molecule has 0 amide bonds. The summed E-state index contributed by atoms with van der Waals surface area (Å²) in [5, 5.41) is 5.43. The molecule has 0 bridgehead atoms. The summed E-state index contributed by atoms with van der Waals surface area (Å²) in [7, 11) is 0. The van der Waals surface area contributed by atoms with Gasteiger partial charge in [0, 0.05) is 15.9 Å². The second-order valence-electron chi connectivity index (χ2n) is 3.47. The van der Waals surface area contributed by atoms with E-state index in [0.717, 1.165) is 19.7 Å². The zero-order valence-corrected chi connectivity index (χ0v) is 10.4. The van der Waals surface area contributed by atoms with Gasteiger partial charge in [-0.05, 0) is 46.8 Å². The molecule has 1 N–H and O–H groups in total. The minimum atomic E-state index is 0.401. The summed E-state index contributed by atoms with van der Waals surface area (Å²) in [6.07, 6.45) is 2.82. The average molecular weight is 276 g/mol. The van der Waals surface area contributed by atoms with Crippen LogP contribution in [0.3, 0.4) is 0 Å². The highest BCUT2D eigenvalue weighted by Crippen LogP contribution is 2.24. The van der Waals surface area contributed by atoms with E-state index in [1.54, 1.807) is 11.3 Å². The van der Waals surface area contributed by atoms with E-state index in [9.17, 15) is 0 Å². The van der Waals surface area contributed by atoms with E-state index in [1.807, 2.05) is 0 Å². The fourth-order valence-corrected chi connectivity index (χ4v) is 2.97. The molecule has 78 valence electrons. The largest absolute Gasteiger partial charge is 0.371 e. The third kappa shape index (κ3) is 2.79. The summed E-state index contributed by atoms with van der Waals surface area (Å²) in [6.45, 7) is 2.89. The van der Waals surface area contributed by atoms with E-state index in [-0.39, 0.29) is 0 Å². The summed E-state index contributed by atoms with van der Waals surface area (Å²) in [6, 6.07) is 2.07. The third-order valence-electron chi connectivity index (χ3n) is 2.39. The van der Waals surface area contributed by atoms with Crippen molar-refractivity contribution in [2.45, 2.75) is 25.6 Å². The topological polar surface area (TPSA) is 21.3 Å². The highest BCUT2D eigenvalue weighted by molar-refractivity contribution is 9.10. The lowest BCUT2D eigenvalue weighted by Gasteiger charge is -2.22. The fraction of sp³-hybridized carbons (Fsp3) is 0.600. The predicted molar refractivity (Wildman–Crippen MR) is 62.7 cm³/mol. The van der Waals surface area contributed by atoms with E-state index in [2.05, 4.69) is 32.7 Å². The molecule has 0 aromatic carbocycles. The molecule has 1 aromatic rings. The Hall–Kier alpha value is 0.1000. The Balaban J connectivity index is 1.79. The van der Waals surface area contributed by atoms with Gasteiger partial charge in [-0.3, -0.25) is 0 Å². The Kier molecular flexibility index (Phi) is 3.99. The maximum atomic E-state index is 5.83. The number of hydrogen-bond donors (Lipinski definition) is 1. The second-order valence-corrected chi connectivity index (χ2v) is 5.33. The first-order valence-corrected chi connectivity index (χ1v) is 6.58. The molecule has 1 aliphatic heterocycles. The van der Waals surface area contributed by atoms with Gasteiger partial charge in [-0.15, -0.1) is 11.3 Å². The predicted octanol–water partition coefficient (Wildman–Crippen LogP) is 2.78. The van der Waals surface area contributed by atoms with Gasteiger partial charge < -0.3 is 10.1 Å². The molecule has 0 aliphatic carbocycles. The molecular weight excluding hydrogens is 262 g/mol. The number of rotatable bonds is 3. The molecule has 0 saturated carbocycles. The molecule has 4 heteroatoms. The van der Waals surface area contributed by atoms with Gasteiger partial charge >= 0.3 is 0 Å². The Morgan fingerprint density at radius 1 is 1.64 bits per heavy atom. The molecule has 1 saturated heterocycles. The SMILES string of the molecule is Brc1ccsc1COC1CCCNC1. The van der Waals surface area contributed by atoms with Crippen molar-refractivity contribution in [3.63, 3.8) is 0 Å². The lowest BCUT2D eigenvalue weighted by atomic mass is 10.1. The van der Waals surface area contributed by atoms with E-state index in [0.29, 0.717) is 6.10 Å². The summed E-state index contributed by atoms with van der Waals surface area (Å²) < 4.78 is 7.00. The van der Waals surface area contributed by atoms with E-state index < -0.39 is 0 Å². The van der Waals surface area contributed by atoms with Gasteiger partial charge in [-0.25, -0.2) is 0 Å². The fourth-order valence-electron chi connectivity index (χ4n) is 1.58. The number of ether oxygens (including phenoxy) is 1. The van der Waals surface area contributed by atoms with E-state index >= 15 is 0 Å². The van der Waals surface area contributed by atoms with Gasteiger partial charge in [0.05, 0.1) is 12.7 Å². The van der Waals surface area contributed by atoms with Crippen LogP contribution in [0.25, 0.3) is 0 Å².